The fraction of sp³-hybridized carbons (Fsp3) is 0.917. The Kier molecular flexibility index (Phi) is 4.59. The van der Waals surface area contributed by atoms with Crippen molar-refractivity contribution in [3.63, 3.8) is 0 Å². The molecule has 0 radical (unpaired) electrons. The van der Waals surface area contributed by atoms with Crippen LogP contribution in [0.4, 0.5) is 0 Å². The molecule has 2 heteroatoms. The van der Waals surface area contributed by atoms with Gasteiger partial charge in [0.25, 0.3) is 0 Å². The van der Waals surface area contributed by atoms with Crippen LogP contribution in [0.1, 0.15) is 58.8 Å². The highest BCUT2D eigenvalue weighted by Crippen LogP contribution is 2.31. The van der Waals surface area contributed by atoms with E-state index in [2.05, 4.69) is 6.92 Å². The zero-order valence-electron chi connectivity index (χ0n) is 9.47. The smallest absolute Gasteiger partial charge is 0.129 e. The molecule has 1 aliphatic rings. The monoisotopic (exact) mass is 198 g/mol. The van der Waals surface area contributed by atoms with Gasteiger partial charge in [-0.3, -0.25) is 0 Å². The zero-order valence-corrected chi connectivity index (χ0v) is 9.47. The molecule has 0 bridgehead atoms. The van der Waals surface area contributed by atoms with Gasteiger partial charge in [-0.25, -0.2) is 0 Å². The van der Waals surface area contributed by atoms with Crippen LogP contribution >= 0.6 is 0 Å². The van der Waals surface area contributed by atoms with Gasteiger partial charge in [0.05, 0.1) is 12.2 Å². The fourth-order valence-electron chi connectivity index (χ4n) is 1.67. The summed E-state index contributed by atoms with van der Waals surface area (Å²) in [6.45, 7) is 4.81. The van der Waals surface area contributed by atoms with E-state index >= 15 is 0 Å². The predicted molar refractivity (Wildman–Crippen MR) is 57.4 cm³/mol. The van der Waals surface area contributed by atoms with Crippen LogP contribution in [-0.2, 0) is 9.53 Å². The van der Waals surface area contributed by atoms with Gasteiger partial charge in [-0.1, -0.05) is 25.7 Å². The molecule has 2 nitrogen and oxygen atoms in total. The lowest BCUT2D eigenvalue weighted by molar-refractivity contribution is -0.117. The fourth-order valence-corrected chi connectivity index (χ4v) is 1.67. The molecule has 0 aromatic carbocycles. The van der Waals surface area contributed by atoms with Crippen LogP contribution in [0.2, 0.25) is 0 Å². The summed E-state index contributed by atoms with van der Waals surface area (Å²) in [5.41, 5.74) is 0.236. The first-order valence-electron chi connectivity index (χ1n) is 5.76. The summed E-state index contributed by atoms with van der Waals surface area (Å²) in [7, 11) is 0. The van der Waals surface area contributed by atoms with Crippen molar-refractivity contribution in [2.75, 3.05) is 6.61 Å². The van der Waals surface area contributed by atoms with Crippen molar-refractivity contribution in [3.8, 4) is 0 Å². The van der Waals surface area contributed by atoms with Gasteiger partial charge in [-0.15, -0.1) is 0 Å². The first-order chi connectivity index (χ1) is 6.62. The molecule has 1 atom stereocenters. The number of Topliss-reactive ketones (excluding diaryl/α,β-unsaturated/α-hetero) is 1. The van der Waals surface area contributed by atoms with E-state index in [1.54, 1.807) is 6.92 Å². The van der Waals surface area contributed by atoms with Crippen molar-refractivity contribution in [2.24, 2.45) is 0 Å². The molecule has 1 unspecified atom stereocenters. The van der Waals surface area contributed by atoms with Gasteiger partial charge in [-0.05, 0) is 26.7 Å². The Morgan fingerprint density at radius 2 is 1.79 bits per heavy atom. The minimum absolute atomic E-state index is 0.236. The number of unbranched alkanes of at least 4 members (excludes halogenated alkanes) is 4. The summed E-state index contributed by atoms with van der Waals surface area (Å²) >= 11 is 0. The summed E-state index contributed by atoms with van der Waals surface area (Å²) in [5.74, 6) is 0.323. The normalized spacial score (nSPS) is 25.0. The number of ether oxygens (including phenoxy) is 1. The van der Waals surface area contributed by atoms with E-state index in [9.17, 15) is 4.79 Å². The average Bonchev–Trinajstić information content (AvgIpc) is 2.82. The Balaban J connectivity index is 1.78. The van der Waals surface area contributed by atoms with E-state index in [0.29, 0.717) is 5.78 Å². The minimum atomic E-state index is 0.236. The summed E-state index contributed by atoms with van der Waals surface area (Å²) < 4.78 is 5.31. The Morgan fingerprint density at radius 1 is 1.21 bits per heavy atom. The third kappa shape index (κ3) is 5.38. The van der Waals surface area contributed by atoms with E-state index in [1.807, 2.05) is 0 Å². The van der Waals surface area contributed by atoms with Crippen LogP contribution in [0.5, 0.6) is 0 Å². The number of epoxide rings is 1. The second kappa shape index (κ2) is 5.50. The number of carbonyl (C=O) groups is 1. The molecule has 0 aromatic rings. The SMILES string of the molecule is CC(=O)CCCCCCCC1(C)CO1. The molecular formula is C12H22O2. The number of rotatable bonds is 8. The van der Waals surface area contributed by atoms with Crippen LogP contribution < -0.4 is 0 Å². The molecule has 0 amide bonds. The zero-order chi connectivity index (χ0) is 10.4. The Labute approximate surface area is 87.0 Å². The quantitative estimate of drug-likeness (QED) is 0.443. The molecule has 0 N–H and O–H groups in total. The van der Waals surface area contributed by atoms with Crippen LogP contribution in [0.25, 0.3) is 0 Å². The maximum atomic E-state index is 10.7. The maximum Gasteiger partial charge on any atom is 0.129 e. The average molecular weight is 198 g/mol. The minimum Gasteiger partial charge on any atom is -0.370 e. The van der Waals surface area contributed by atoms with Crippen molar-refractivity contribution >= 4 is 5.78 Å². The van der Waals surface area contributed by atoms with Gasteiger partial charge >= 0.3 is 0 Å². The first kappa shape index (κ1) is 11.7. The van der Waals surface area contributed by atoms with E-state index in [4.69, 9.17) is 4.74 Å². The van der Waals surface area contributed by atoms with E-state index in [0.717, 1.165) is 19.4 Å². The summed E-state index contributed by atoms with van der Waals surface area (Å²) in [5, 5.41) is 0. The largest absolute Gasteiger partial charge is 0.370 e. The van der Waals surface area contributed by atoms with Gasteiger partial charge in [0, 0.05) is 6.42 Å². The Hall–Kier alpha value is -0.370. The van der Waals surface area contributed by atoms with Crippen LogP contribution in [0.3, 0.4) is 0 Å². The van der Waals surface area contributed by atoms with Gasteiger partial charge in [-0.2, -0.15) is 0 Å². The lowest BCUT2D eigenvalue weighted by atomic mass is 10.0. The second-order valence-electron chi connectivity index (χ2n) is 4.71. The Bertz CT molecular complexity index is 183. The molecule has 1 heterocycles. The standard InChI is InChI=1S/C12H22O2/c1-11(13)8-6-4-3-5-7-9-12(2)10-14-12/h3-10H2,1-2H3. The van der Waals surface area contributed by atoms with Gasteiger partial charge in [0.1, 0.15) is 5.78 Å². The summed E-state index contributed by atoms with van der Waals surface area (Å²) in [6.07, 6.45) is 8.08. The number of carbonyl (C=O) groups excluding carboxylic acids is 1. The molecular weight excluding hydrogens is 176 g/mol. The van der Waals surface area contributed by atoms with Crippen molar-refractivity contribution in [1.82, 2.24) is 0 Å². The lowest BCUT2D eigenvalue weighted by Gasteiger charge is -2.04. The molecule has 1 aliphatic heterocycles. The number of ketones is 1. The third-order valence-corrected chi connectivity index (χ3v) is 2.87. The highest BCUT2D eigenvalue weighted by atomic mass is 16.6. The maximum absolute atomic E-state index is 10.7. The highest BCUT2D eigenvalue weighted by Gasteiger charge is 2.37. The summed E-state index contributed by atoms with van der Waals surface area (Å²) in [4.78, 5) is 10.7. The molecule has 1 saturated heterocycles. The van der Waals surface area contributed by atoms with Crippen molar-refractivity contribution in [3.05, 3.63) is 0 Å². The van der Waals surface area contributed by atoms with Crippen LogP contribution in [0, 0.1) is 0 Å². The molecule has 0 saturated carbocycles. The molecule has 1 fully saturated rings. The second-order valence-corrected chi connectivity index (χ2v) is 4.71. The van der Waals surface area contributed by atoms with Crippen LogP contribution in [0.15, 0.2) is 0 Å². The summed E-state index contributed by atoms with van der Waals surface area (Å²) in [6, 6.07) is 0. The number of hydrogen-bond donors (Lipinski definition) is 0. The van der Waals surface area contributed by atoms with E-state index < -0.39 is 0 Å². The molecule has 0 aromatic heterocycles. The topological polar surface area (TPSA) is 29.6 Å². The third-order valence-electron chi connectivity index (χ3n) is 2.87. The van der Waals surface area contributed by atoms with Crippen molar-refractivity contribution in [1.29, 1.82) is 0 Å². The molecule has 82 valence electrons. The highest BCUT2D eigenvalue weighted by molar-refractivity contribution is 5.75. The molecule has 1 rings (SSSR count). The van der Waals surface area contributed by atoms with Crippen molar-refractivity contribution < 1.29 is 9.53 Å². The lowest BCUT2D eigenvalue weighted by Crippen LogP contribution is -2.02. The van der Waals surface area contributed by atoms with Crippen molar-refractivity contribution in [2.45, 2.75) is 64.4 Å². The molecule has 14 heavy (non-hydrogen) atoms. The number of hydrogen-bond acceptors (Lipinski definition) is 2. The van der Waals surface area contributed by atoms with E-state index in [1.165, 1.54) is 32.1 Å². The van der Waals surface area contributed by atoms with Gasteiger partial charge < -0.3 is 9.53 Å². The van der Waals surface area contributed by atoms with Gasteiger partial charge in [0.15, 0.2) is 0 Å². The molecule has 0 aliphatic carbocycles. The van der Waals surface area contributed by atoms with Gasteiger partial charge in [0.2, 0.25) is 0 Å². The van der Waals surface area contributed by atoms with Crippen LogP contribution in [-0.4, -0.2) is 18.0 Å². The first-order valence-corrected chi connectivity index (χ1v) is 5.76. The van der Waals surface area contributed by atoms with E-state index in [-0.39, 0.29) is 5.60 Å². The Morgan fingerprint density at radius 3 is 2.36 bits per heavy atom. The molecule has 0 spiro atoms. The predicted octanol–water partition coefficient (Wildman–Crippen LogP) is 3.10.